The maximum absolute atomic E-state index is 5.64. The first-order valence-corrected chi connectivity index (χ1v) is 5.04. The van der Waals surface area contributed by atoms with Crippen molar-refractivity contribution < 1.29 is 4.42 Å². The van der Waals surface area contributed by atoms with Crippen molar-refractivity contribution in [1.29, 1.82) is 0 Å². The van der Waals surface area contributed by atoms with Gasteiger partial charge in [-0.1, -0.05) is 20.8 Å². The Kier molecular flexibility index (Phi) is 3.32. The minimum atomic E-state index is 0.184. The lowest BCUT2D eigenvalue weighted by Crippen LogP contribution is -2.12. The third kappa shape index (κ3) is 3.14. The molecule has 0 radical (unpaired) electrons. The van der Waals surface area contributed by atoms with Gasteiger partial charge in [-0.3, -0.25) is 0 Å². The van der Waals surface area contributed by atoms with Crippen LogP contribution in [0.3, 0.4) is 0 Å². The Bertz CT molecular complexity index is 286. The summed E-state index contributed by atoms with van der Waals surface area (Å²) < 4.78 is 5.64. The van der Waals surface area contributed by atoms with E-state index in [4.69, 9.17) is 4.42 Å². The molecule has 1 rings (SSSR count). The van der Waals surface area contributed by atoms with Crippen LogP contribution in [0.2, 0.25) is 0 Å². The zero-order valence-corrected chi connectivity index (χ0v) is 9.72. The molecular weight excluding hydrogens is 176 g/mol. The maximum atomic E-state index is 5.64. The highest BCUT2D eigenvalue weighted by atomic mass is 16.4. The summed E-state index contributed by atoms with van der Waals surface area (Å²) in [5, 5.41) is 3.10. The molecule has 0 aliphatic carbocycles. The summed E-state index contributed by atoms with van der Waals surface area (Å²) in [6, 6.07) is 0.184. The van der Waals surface area contributed by atoms with Gasteiger partial charge in [-0.25, -0.2) is 4.98 Å². The van der Waals surface area contributed by atoms with Crippen molar-refractivity contribution in [2.24, 2.45) is 5.41 Å². The lowest BCUT2D eigenvalue weighted by molar-refractivity contribution is 0.340. The molecule has 0 spiro atoms. The summed E-state index contributed by atoms with van der Waals surface area (Å²) in [5.74, 6) is 1.74. The number of nitrogens with zero attached hydrogens (tertiary/aromatic N) is 1. The summed E-state index contributed by atoms with van der Waals surface area (Å²) in [6.07, 6.45) is 2.75. The smallest absolute Gasteiger partial charge is 0.211 e. The first-order chi connectivity index (χ1) is 6.42. The van der Waals surface area contributed by atoms with E-state index in [0.29, 0.717) is 0 Å². The number of hydrogen-bond acceptors (Lipinski definition) is 3. The highest BCUT2D eigenvalue weighted by Gasteiger charge is 2.16. The van der Waals surface area contributed by atoms with E-state index in [1.165, 1.54) is 0 Å². The second-order valence-electron chi connectivity index (χ2n) is 4.91. The number of nitrogens with one attached hydrogen (secondary N) is 1. The van der Waals surface area contributed by atoms with Crippen LogP contribution in [0.15, 0.2) is 10.6 Å². The molecule has 0 aromatic carbocycles. The minimum absolute atomic E-state index is 0.184. The van der Waals surface area contributed by atoms with E-state index < -0.39 is 0 Å². The Morgan fingerprint density at radius 3 is 2.64 bits per heavy atom. The van der Waals surface area contributed by atoms with Crippen LogP contribution in [0.5, 0.6) is 0 Å². The van der Waals surface area contributed by atoms with Crippen LogP contribution in [0.25, 0.3) is 0 Å². The van der Waals surface area contributed by atoms with Crippen LogP contribution in [-0.2, 0) is 6.42 Å². The van der Waals surface area contributed by atoms with E-state index in [9.17, 15) is 0 Å². The van der Waals surface area contributed by atoms with Crippen molar-refractivity contribution in [2.45, 2.75) is 40.2 Å². The first kappa shape index (κ1) is 11.2. The van der Waals surface area contributed by atoms with Gasteiger partial charge in [0.05, 0.1) is 12.2 Å². The molecule has 1 N–H and O–H groups in total. The van der Waals surface area contributed by atoms with E-state index in [2.05, 4.69) is 31.1 Å². The highest BCUT2D eigenvalue weighted by molar-refractivity contribution is 4.99. The minimum Gasteiger partial charge on any atom is -0.444 e. The average molecular weight is 196 g/mol. The van der Waals surface area contributed by atoms with Gasteiger partial charge in [0, 0.05) is 6.42 Å². The predicted octanol–water partition coefficient (Wildman–Crippen LogP) is 2.54. The zero-order chi connectivity index (χ0) is 10.8. The Morgan fingerprint density at radius 2 is 2.14 bits per heavy atom. The molecule has 1 unspecified atom stereocenters. The Labute approximate surface area is 85.9 Å². The van der Waals surface area contributed by atoms with Crippen LogP contribution in [-0.4, -0.2) is 12.0 Å². The van der Waals surface area contributed by atoms with Crippen molar-refractivity contribution in [3.8, 4) is 0 Å². The fourth-order valence-electron chi connectivity index (χ4n) is 1.25. The monoisotopic (exact) mass is 196 g/mol. The van der Waals surface area contributed by atoms with E-state index in [1.54, 1.807) is 0 Å². The number of oxazole rings is 1. The highest BCUT2D eigenvalue weighted by Crippen LogP contribution is 2.22. The van der Waals surface area contributed by atoms with Crippen molar-refractivity contribution in [2.75, 3.05) is 7.05 Å². The zero-order valence-electron chi connectivity index (χ0n) is 9.72. The van der Waals surface area contributed by atoms with Crippen LogP contribution in [0.1, 0.15) is 45.4 Å². The normalized spacial score (nSPS) is 14.4. The standard InChI is InChI=1S/C11H20N2O/c1-8(12-5)10-13-7-9(14-10)6-11(2,3)4/h7-8,12H,6H2,1-5H3. The second-order valence-corrected chi connectivity index (χ2v) is 4.91. The molecule has 1 aromatic rings. The summed E-state index contributed by atoms with van der Waals surface area (Å²) in [4.78, 5) is 4.24. The average Bonchev–Trinajstić information content (AvgIpc) is 2.48. The molecule has 0 fully saturated rings. The van der Waals surface area contributed by atoms with Gasteiger partial charge in [-0.15, -0.1) is 0 Å². The molecule has 3 heteroatoms. The van der Waals surface area contributed by atoms with Gasteiger partial charge in [-0.05, 0) is 19.4 Å². The number of hydrogen-bond donors (Lipinski definition) is 1. The van der Waals surface area contributed by atoms with E-state index >= 15 is 0 Å². The van der Waals surface area contributed by atoms with Gasteiger partial charge in [0.25, 0.3) is 0 Å². The lowest BCUT2D eigenvalue weighted by Gasteiger charge is -2.15. The van der Waals surface area contributed by atoms with E-state index in [0.717, 1.165) is 18.1 Å². The van der Waals surface area contributed by atoms with E-state index in [1.807, 2.05) is 20.2 Å². The molecule has 1 heterocycles. The molecule has 80 valence electrons. The number of aromatic nitrogens is 1. The SMILES string of the molecule is CNC(C)c1ncc(CC(C)(C)C)o1. The van der Waals surface area contributed by atoms with Crippen molar-refractivity contribution in [3.63, 3.8) is 0 Å². The fraction of sp³-hybridized carbons (Fsp3) is 0.727. The van der Waals surface area contributed by atoms with Crippen molar-refractivity contribution in [1.82, 2.24) is 10.3 Å². The molecule has 0 aliphatic rings. The molecular formula is C11H20N2O. The fourth-order valence-corrected chi connectivity index (χ4v) is 1.25. The first-order valence-electron chi connectivity index (χ1n) is 5.04. The van der Waals surface area contributed by atoms with Crippen LogP contribution in [0.4, 0.5) is 0 Å². The molecule has 1 atom stereocenters. The predicted molar refractivity (Wildman–Crippen MR) is 57.1 cm³/mol. The van der Waals surface area contributed by atoms with Crippen LogP contribution in [0, 0.1) is 5.41 Å². The molecule has 3 nitrogen and oxygen atoms in total. The van der Waals surface area contributed by atoms with Crippen molar-refractivity contribution >= 4 is 0 Å². The third-order valence-corrected chi connectivity index (χ3v) is 2.08. The summed E-state index contributed by atoms with van der Waals surface area (Å²) >= 11 is 0. The third-order valence-electron chi connectivity index (χ3n) is 2.08. The lowest BCUT2D eigenvalue weighted by atomic mass is 9.91. The maximum Gasteiger partial charge on any atom is 0.211 e. The molecule has 0 bridgehead atoms. The Morgan fingerprint density at radius 1 is 1.50 bits per heavy atom. The number of rotatable bonds is 3. The van der Waals surface area contributed by atoms with Gasteiger partial charge in [-0.2, -0.15) is 0 Å². The topological polar surface area (TPSA) is 38.1 Å². The van der Waals surface area contributed by atoms with Gasteiger partial charge >= 0.3 is 0 Å². The van der Waals surface area contributed by atoms with Gasteiger partial charge in [0.15, 0.2) is 0 Å². The van der Waals surface area contributed by atoms with Gasteiger partial charge in [0.2, 0.25) is 5.89 Å². The molecule has 0 saturated heterocycles. The Hall–Kier alpha value is -0.830. The Balaban J connectivity index is 2.69. The largest absolute Gasteiger partial charge is 0.444 e. The van der Waals surface area contributed by atoms with Crippen LogP contribution < -0.4 is 5.32 Å². The quantitative estimate of drug-likeness (QED) is 0.807. The van der Waals surface area contributed by atoms with Gasteiger partial charge < -0.3 is 9.73 Å². The van der Waals surface area contributed by atoms with Crippen LogP contribution >= 0.6 is 0 Å². The molecule has 14 heavy (non-hydrogen) atoms. The van der Waals surface area contributed by atoms with E-state index in [-0.39, 0.29) is 11.5 Å². The second kappa shape index (κ2) is 4.13. The summed E-state index contributed by atoms with van der Waals surface area (Å²) in [6.45, 7) is 8.61. The molecule has 0 saturated carbocycles. The summed E-state index contributed by atoms with van der Waals surface area (Å²) in [7, 11) is 1.90. The molecule has 0 amide bonds. The molecule has 0 aliphatic heterocycles. The molecule has 1 aromatic heterocycles. The summed E-state index contributed by atoms with van der Waals surface area (Å²) in [5.41, 5.74) is 0.250. The van der Waals surface area contributed by atoms with Crippen molar-refractivity contribution in [3.05, 3.63) is 17.8 Å². The van der Waals surface area contributed by atoms with Gasteiger partial charge in [0.1, 0.15) is 5.76 Å².